The summed E-state index contributed by atoms with van der Waals surface area (Å²) in [6, 6.07) is 10.2. The van der Waals surface area contributed by atoms with Gasteiger partial charge in [-0.2, -0.15) is 0 Å². The molecule has 1 rings (SSSR count). The fraction of sp³-hybridized carbons (Fsp3) is 0.579. The van der Waals surface area contributed by atoms with Crippen molar-refractivity contribution >= 4 is 35.8 Å². The van der Waals surface area contributed by atoms with Crippen molar-refractivity contribution in [3.05, 3.63) is 35.9 Å². The van der Waals surface area contributed by atoms with E-state index in [0.29, 0.717) is 18.5 Å². The van der Waals surface area contributed by atoms with E-state index in [1.165, 1.54) is 12.8 Å². The molecular formula is C19H33IN4O. The third-order valence-electron chi connectivity index (χ3n) is 3.77. The molecule has 0 aliphatic heterocycles. The number of carbonyl (C=O) groups excluding carboxylic acids is 1. The number of halogens is 1. The number of amides is 1. The highest BCUT2D eigenvalue weighted by Gasteiger charge is 2.07. The molecule has 1 amide bonds. The van der Waals surface area contributed by atoms with Gasteiger partial charge in [0.1, 0.15) is 0 Å². The number of nitrogens with zero attached hydrogens (tertiary/aromatic N) is 1. The van der Waals surface area contributed by atoms with Crippen LogP contribution in [0.25, 0.3) is 0 Å². The fourth-order valence-corrected chi connectivity index (χ4v) is 2.36. The van der Waals surface area contributed by atoms with Crippen LogP contribution in [0.3, 0.4) is 0 Å². The van der Waals surface area contributed by atoms with Gasteiger partial charge in [0.2, 0.25) is 5.91 Å². The maximum absolute atomic E-state index is 11.9. The van der Waals surface area contributed by atoms with Gasteiger partial charge in [0.15, 0.2) is 5.96 Å². The topological polar surface area (TPSA) is 65.5 Å². The number of guanidine groups is 1. The Morgan fingerprint density at radius 3 is 2.36 bits per heavy atom. The molecule has 0 aliphatic carbocycles. The average Bonchev–Trinajstić information content (AvgIpc) is 2.57. The van der Waals surface area contributed by atoms with E-state index >= 15 is 0 Å². The standard InChI is InChI=1S/C19H32N4O.HI/c1-15(2)9-8-10-16(3)23-19(20-4)22-14-18(24)21-13-17-11-6-5-7-12-17;/h5-7,11-12,15-16H,8-10,13-14H2,1-4H3,(H,21,24)(H2,20,22,23);1H. The Labute approximate surface area is 169 Å². The molecule has 0 heterocycles. The number of aliphatic imine (C=N–C) groups is 1. The third kappa shape index (κ3) is 11.8. The summed E-state index contributed by atoms with van der Waals surface area (Å²) in [5.74, 6) is 1.36. The van der Waals surface area contributed by atoms with Crippen LogP contribution in [0.5, 0.6) is 0 Å². The van der Waals surface area contributed by atoms with Crippen LogP contribution in [-0.4, -0.2) is 31.5 Å². The molecule has 0 saturated carbocycles. The average molecular weight is 460 g/mol. The summed E-state index contributed by atoms with van der Waals surface area (Å²) < 4.78 is 0. The van der Waals surface area contributed by atoms with E-state index in [-0.39, 0.29) is 36.4 Å². The van der Waals surface area contributed by atoms with Crippen molar-refractivity contribution in [3.8, 4) is 0 Å². The zero-order chi connectivity index (χ0) is 17.8. The highest BCUT2D eigenvalue weighted by molar-refractivity contribution is 14.0. The second-order valence-electron chi connectivity index (χ2n) is 6.56. The quantitative estimate of drug-likeness (QED) is 0.301. The van der Waals surface area contributed by atoms with Gasteiger partial charge >= 0.3 is 0 Å². The van der Waals surface area contributed by atoms with E-state index in [2.05, 4.69) is 41.7 Å². The molecule has 3 N–H and O–H groups in total. The normalized spacial score (nSPS) is 12.3. The van der Waals surface area contributed by atoms with Gasteiger partial charge < -0.3 is 16.0 Å². The maximum atomic E-state index is 11.9. The Hall–Kier alpha value is -1.31. The van der Waals surface area contributed by atoms with Crippen LogP contribution < -0.4 is 16.0 Å². The van der Waals surface area contributed by atoms with Crippen molar-refractivity contribution in [3.63, 3.8) is 0 Å². The minimum atomic E-state index is -0.0470. The first-order valence-electron chi connectivity index (χ1n) is 8.79. The molecule has 5 nitrogen and oxygen atoms in total. The SMILES string of the molecule is CN=C(NCC(=O)NCc1ccccc1)NC(C)CCCC(C)C.I. The van der Waals surface area contributed by atoms with Crippen molar-refractivity contribution in [2.75, 3.05) is 13.6 Å². The summed E-state index contributed by atoms with van der Waals surface area (Å²) in [4.78, 5) is 16.1. The first kappa shape index (κ1) is 23.7. The van der Waals surface area contributed by atoms with E-state index < -0.39 is 0 Å². The van der Waals surface area contributed by atoms with Gasteiger partial charge in [0.25, 0.3) is 0 Å². The van der Waals surface area contributed by atoms with Crippen molar-refractivity contribution in [2.24, 2.45) is 10.9 Å². The Bertz CT molecular complexity index is 505. The van der Waals surface area contributed by atoms with E-state index in [9.17, 15) is 4.79 Å². The van der Waals surface area contributed by atoms with Crippen molar-refractivity contribution in [1.82, 2.24) is 16.0 Å². The third-order valence-corrected chi connectivity index (χ3v) is 3.77. The molecule has 25 heavy (non-hydrogen) atoms. The van der Waals surface area contributed by atoms with E-state index in [1.54, 1.807) is 7.05 Å². The van der Waals surface area contributed by atoms with Gasteiger partial charge in [-0.05, 0) is 24.8 Å². The van der Waals surface area contributed by atoms with Crippen LogP contribution in [0.4, 0.5) is 0 Å². The van der Waals surface area contributed by atoms with Crippen LogP contribution in [0.1, 0.15) is 45.6 Å². The summed E-state index contributed by atoms with van der Waals surface area (Å²) in [7, 11) is 1.72. The molecule has 0 fully saturated rings. The Morgan fingerprint density at radius 2 is 1.76 bits per heavy atom. The summed E-state index contributed by atoms with van der Waals surface area (Å²) in [5, 5.41) is 9.29. The summed E-state index contributed by atoms with van der Waals surface area (Å²) in [5.41, 5.74) is 1.09. The molecule has 1 unspecified atom stereocenters. The number of hydrogen-bond donors (Lipinski definition) is 3. The highest BCUT2D eigenvalue weighted by atomic mass is 127. The lowest BCUT2D eigenvalue weighted by atomic mass is 10.0. The van der Waals surface area contributed by atoms with Gasteiger partial charge in [-0.1, -0.05) is 57.0 Å². The molecule has 0 bridgehead atoms. The predicted octanol–water partition coefficient (Wildman–Crippen LogP) is 3.30. The summed E-state index contributed by atoms with van der Waals surface area (Å²) >= 11 is 0. The zero-order valence-corrected chi connectivity index (χ0v) is 18.2. The summed E-state index contributed by atoms with van der Waals surface area (Å²) in [6.45, 7) is 7.38. The van der Waals surface area contributed by atoms with Crippen molar-refractivity contribution in [1.29, 1.82) is 0 Å². The lowest BCUT2D eigenvalue weighted by Gasteiger charge is -2.18. The molecule has 0 aromatic heterocycles. The minimum Gasteiger partial charge on any atom is -0.354 e. The number of nitrogens with one attached hydrogen (secondary N) is 3. The van der Waals surface area contributed by atoms with Gasteiger partial charge in [-0.3, -0.25) is 9.79 Å². The fourth-order valence-electron chi connectivity index (χ4n) is 2.36. The van der Waals surface area contributed by atoms with Crippen LogP contribution in [0, 0.1) is 5.92 Å². The van der Waals surface area contributed by atoms with Crippen molar-refractivity contribution < 1.29 is 4.79 Å². The van der Waals surface area contributed by atoms with Gasteiger partial charge in [-0.15, -0.1) is 24.0 Å². The molecule has 1 atom stereocenters. The number of hydrogen-bond acceptors (Lipinski definition) is 2. The predicted molar refractivity (Wildman–Crippen MR) is 116 cm³/mol. The van der Waals surface area contributed by atoms with Crippen LogP contribution in [0.2, 0.25) is 0 Å². The Balaban J connectivity index is 0.00000576. The largest absolute Gasteiger partial charge is 0.354 e. The Kier molecular flexibility index (Phi) is 13.2. The first-order valence-corrected chi connectivity index (χ1v) is 8.79. The minimum absolute atomic E-state index is 0. The van der Waals surface area contributed by atoms with Crippen LogP contribution in [0.15, 0.2) is 35.3 Å². The second-order valence-corrected chi connectivity index (χ2v) is 6.56. The molecule has 0 saturated heterocycles. The molecule has 0 radical (unpaired) electrons. The molecule has 142 valence electrons. The van der Waals surface area contributed by atoms with Crippen molar-refractivity contribution in [2.45, 2.75) is 52.6 Å². The molecular weight excluding hydrogens is 427 g/mol. The van der Waals surface area contributed by atoms with E-state index in [1.807, 2.05) is 30.3 Å². The Morgan fingerprint density at radius 1 is 1.08 bits per heavy atom. The number of benzene rings is 1. The zero-order valence-electron chi connectivity index (χ0n) is 15.8. The molecule has 1 aromatic rings. The first-order chi connectivity index (χ1) is 11.5. The monoisotopic (exact) mass is 460 g/mol. The molecule has 1 aromatic carbocycles. The molecule has 0 spiro atoms. The second kappa shape index (κ2) is 13.9. The van der Waals surface area contributed by atoms with Gasteiger partial charge in [-0.25, -0.2) is 0 Å². The van der Waals surface area contributed by atoms with Gasteiger partial charge in [0.05, 0.1) is 6.54 Å². The van der Waals surface area contributed by atoms with Crippen LogP contribution >= 0.6 is 24.0 Å². The molecule has 6 heteroatoms. The number of carbonyl (C=O) groups is 1. The smallest absolute Gasteiger partial charge is 0.239 e. The van der Waals surface area contributed by atoms with Crippen LogP contribution in [-0.2, 0) is 11.3 Å². The molecule has 0 aliphatic rings. The lowest BCUT2D eigenvalue weighted by Crippen LogP contribution is -2.46. The summed E-state index contributed by atoms with van der Waals surface area (Å²) in [6.07, 6.45) is 3.53. The van der Waals surface area contributed by atoms with E-state index in [0.717, 1.165) is 17.9 Å². The number of rotatable bonds is 9. The van der Waals surface area contributed by atoms with Gasteiger partial charge in [0, 0.05) is 19.6 Å². The highest BCUT2D eigenvalue weighted by Crippen LogP contribution is 2.08. The van der Waals surface area contributed by atoms with E-state index in [4.69, 9.17) is 0 Å². The lowest BCUT2D eigenvalue weighted by molar-refractivity contribution is -0.120. The maximum Gasteiger partial charge on any atom is 0.239 e.